The fraction of sp³-hybridized carbons (Fsp3) is 0.543. The number of hydrogen-bond acceptors (Lipinski definition) is 4. The second-order valence-electron chi connectivity index (χ2n) is 10.4. The highest BCUT2D eigenvalue weighted by Gasteiger charge is 2.50. The number of ether oxygens (including phenoxy) is 2. The number of amides is 3. The molecule has 0 bridgehead atoms. The lowest BCUT2D eigenvalue weighted by atomic mass is 9.86. The Morgan fingerprint density at radius 2 is 1.69 bits per heavy atom. The number of rotatable bonds is 6. The van der Waals surface area contributed by atoms with Crippen molar-refractivity contribution in [3.05, 3.63) is 70.9 Å². The van der Waals surface area contributed by atoms with Gasteiger partial charge >= 0.3 is 6.03 Å². The van der Waals surface area contributed by atoms with Gasteiger partial charge in [0.1, 0.15) is 11.5 Å². The number of fused-ring (bicyclic) bond motifs is 2. The maximum atomic E-state index is 13.5. The Hall–Kier alpha value is -3.48. The molecule has 1 saturated heterocycles. The molecular weight excluding hydrogens is 526 g/mol. The molecule has 7 nitrogen and oxygen atoms in total. The third kappa shape index (κ3) is 8.76. The van der Waals surface area contributed by atoms with Crippen LogP contribution in [0.25, 0.3) is 0 Å². The van der Waals surface area contributed by atoms with Gasteiger partial charge in [0.25, 0.3) is 0 Å². The third-order valence-electron chi connectivity index (χ3n) is 7.66. The van der Waals surface area contributed by atoms with Crippen LogP contribution in [0.4, 0.5) is 4.79 Å². The number of likely N-dealkylation sites (N-methyl/N-ethyl adjacent to an activating group) is 1. The predicted molar refractivity (Wildman–Crippen MR) is 174 cm³/mol. The topological polar surface area (TPSA) is 62.3 Å². The zero-order valence-corrected chi connectivity index (χ0v) is 28.2. The van der Waals surface area contributed by atoms with E-state index in [2.05, 4.69) is 39.0 Å². The molecule has 0 radical (unpaired) electrons. The van der Waals surface area contributed by atoms with Crippen LogP contribution in [-0.4, -0.2) is 66.5 Å². The molecule has 2 aliphatic rings. The first-order valence-corrected chi connectivity index (χ1v) is 15.3. The maximum Gasteiger partial charge on any atom is 0.325 e. The van der Waals surface area contributed by atoms with Gasteiger partial charge in [-0.25, -0.2) is 4.79 Å². The summed E-state index contributed by atoms with van der Waals surface area (Å²) in [6, 6.07) is 14.2. The lowest BCUT2D eigenvalue weighted by molar-refractivity contribution is -0.127. The summed E-state index contributed by atoms with van der Waals surface area (Å²) in [4.78, 5) is 30.8. The molecule has 3 amide bonds. The van der Waals surface area contributed by atoms with Gasteiger partial charge in [-0.1, -0.05) is 76.6 Å². The lowest BCUT2D eigenvalue weighted by Crippen LogP contribution is -2.46. The Morgan fingerprint density at radius 1 is 1.07 bits per heavy atom. The SMILES string of the molecule is CC.CC.CCN1C(=O)N2Cc3cc(OC)cc(OC)c3C[C@@H](C)/C=C\2C1(C)CCN(C)C(C)=O.Cc1ccccc1. The number of nitrogens with zero attached hydrogens (tertiary/aromatic N) is 3. The van der Waals surface area contributed by atoms with Crippen molar-refractivity contribution < 1.29 is 19.1 Å². The van der Waals surface area contributed by atoms with Crippen molar-refractivity contribution in [3.63, 3.8) is 0 Å². The standard InChI is InChI=1S/C24H35N3O4.C7H8.2C2H6/c1-8-27-23(29)26-15-18-13-19(30-6)14-21(31-7)20(18)11-16(2)12-22(26)24(27,4)9-10-25(5)17(3)28;1-7-5-3-2-4-6-7;2*1-2/h12-14,16H,8-11,15H2,1-7H3;2-6H,1H3;2*1-2H3/b22-12-;;;/t16-,24?;;;/m1.../s1. The molecule has 2 atom stereocenters. The van der Waals surface area contributed by atoms with Crippen LogP contribution in [0.2, 0.25) is 0 Å². The summed E-state index contributed by atoms with van der Waals surface area (Å²) in [5, 5.41) is 0. The number of hydrogen-bond donors (Lipinski definition) is 0. The van der Waals surface area contributed by atoms with Crippen molar-refractivity contribution >= 4 is 11.9 Å². The van der Waals surface area contributed by atoms with E-state index in [0.717, 1.165) is 34.7 Å². The van der Waals surface area contributed by atoms with Crippen LogP contribution in [0, 0.1) is 12.8 Å². The lowest BCUT2D eigenvalue weighted by Gasteiger charge is -2.36. The van der Waals surface area contributed by atoms with E-state index in [-0.39, 0.29) is 17.9 Å². The van der Waals surface area contributed by atoms with Crippen LogP contribution in [0.15, 0.2) is 54.2 Å². The smallest absolute Gasteiger partial charge is 0.325 e. The van der Waals surface area contributed by atoms with Gasteiger partial charge in [0.15, 0.2) is 0 Å². The van der Waals surface area contributed by atoms with Crippen molar-refractivity contribution in [2.75, 3.05) is 34.4 Å². The van der Waals surface area contributed by atoms with Crippen LogP contribution in [0.5, 0.6) is 11.5 Å². The quantitative estimate of drug-likeness (QED) is 0.351. The van der Waals surface area contributed by atoms with Crippen molar-refractivity contribution in [2.45, 2.75) is 87.2 Å². The van der Waals surface area contributed by atoms with E-state index in [0.29, 0.717) is 26.1 Å². The zero-order valence-electron chi connectivity index (χ0n) is 28.2. The van der Waals surface area contributed by atoms with E-state index in [9.17, 15) is 9.59 Å². The molecule has 1 unspecified atom stereocenters. The van der Waals surface area contributed by atoms with Crippen LogP contribution in [0.3, 0.4) is 0 Å². The molecule has 0 spiro atoms. The molecule has 2 aliphatic heterocycles. The molecule has 4 rings (SSSR count). The molecule has 42 heavy (non-hydrogen) atoms. The third-order valence-corrected chi connectivity index (χ3v) is 7.66. The van der Waals surface area contributed by atoms with Crippen LogP contribution in [0.1, 0.15) is 78.5 Å². The minimum Gasteiger partial charge on any atom is -0.497 e. The van der Waals surface area contributed by atoms with E-state index in [1.54, 1.807) is 33.1 Å². The molecular formula is C35H55N3O4. The van der Waals surface area contributed by atoms with Crippen LogP contribution < -0.4 is 9.47 Å². The second-order valence-corrected chi connectivity index (χ2v) is 10.4. The average molecular weight is 582 g/mol. The number of allylic oxidation sites excluding steroid dienone is 1. The van der Waals surface area contributed by atoms with E-state index in [1.165, 1.54) is 5.56 Å². The summed E-state index contributed by atoms with van der Waals surface area (Å²) in [5.41, 5.74) is 4.04. The second kappa shape index (κ2) is 17.5. The van der Waals surface area contributed by atoms with Crippen molar-refractivity contribution in [1.29, 1.82) is 0 Å². The number of urea groups is 1. The van der Waals surface area contributed by atoms with Crippen molar-refractivity contribution in [2.24, 2.45) is 5.92 Å². The number of aryl methyl sites for hydroxylation is 1. The summed E-state index contributed by atoms with van der Waals surface area (Å²) in [5.74, 6) is 1.76. The molecule has 1 fully saturated rings. The Balaban J connectivity index is 0.000000682. The van der Waals surface area contributed by atoms with Crippen LogP contribution >= 0.6 is 0 Å². The largest absolute Gasteiger partial charge is 0.497 e. The number of carbonyl (C=O) groups is 2. The van der Waals surface area contributed by atoms with E-state index in [4.69, 9.17) is 9.47 Å². The first-order chi connectivity index (χ1) is 20.0. The minimum atomic E-state index is -0.468. The highest BCUT2D eigenvalue weighted by atomic mass is 16.5. The predicted octanol–water partition coefficient (Wildman–Crippen LogP) is 7.71. The summed E-state index contributed by atoms with van der Waals surface area (Å²) in [7, 11) is 5.11. The number of methoxy groups -OCH3 is 2. The molecule has 234 valence electrons. The van der Waals surface area contributed by atoms with Crippen molar-refractivity contribution in [1.82, 2.24) is 14.7 Å². The summed E-state index contributed by atoms with van der Waals surface area (Å²) in [6.07, 6.45) is 3.74. The number of benzene rings is 2. The molecule has 7 heteroatoms. The fourth-order valence-electron chi connectivity index (χ4n) is 5.30. The van der Waals surface area contributed by atoms with E-state index in [1.807, 2.05) is 74.8 Å². The van der Waals surface area contributed by atoms with Gasteiger partial charge < -0.3 is 19.3 Å². The molecule has 2 heterocycles. The van der Waals surface area contributed by atoms with Gasteiger partial charge in [-0.3, -0.25) is 9.69 Å². The van der Waals surface area contributed by atoms with Gasteiger partial charge in [0.2, 0.25) is 5.91 Å². The molecule has 0 saturated carbocycles. The van der Waals surface area contributed by atoms with Gasteiger partial charge in [-0.05, 0) is 56.7 Å². The molecule has 2 aromatic carbocycles. The highest BCUT2D eigenvalue weighted by Crippen LogP contribution is 2.43. The Morgan fingerprint density at radius 3 is 2.17 bits per heavy atom. The molecule has 0 aliphatic carbocycles. The van der Waals surface area contributed by atoms with Gasteiger partial charge in [0, 0.05) is 38.8 Å². The fourth-order valence-corrected chi connectivity index (χ4v) is 5.30. The normalized spacial score (nSPS) is 19.9. The van der Waals surface area contributed by atoms with Gasteiger partial charge in [0.05, 0.1) is 26.3 Å². The maximum absolute atomic E-state index is 13.5. The Kier molecular flexibility index (Phi) is 15.2. The first-order valence-electron chi connectivity index (χ1n) is 15.3. The van der Waals surface area contributed by atoms with Gasteiger partial charge in [-0.15, -0.1) is 0 Å². The van der Waals surface area contributed by atoms with Crippen LogP contribution in [-0.2, 0) is 17.8 Å². The van der Waals surface area contributed by atoms with E-state index >= 15 is 0 Å². The zero-order chi connectivity index (χ0) is 32.0. The molecule has 0 N–H and O–H groups in total. The summed E-state index contributed by atoms with van der Waals surface area (Å²) >= 11 is 0. The Labute approximate surface area is 255 Å². The monoisotopic (exact) mass is 581 g/mol. The minimum absolute atomic E-state index is 0.00330. The van der Waals surface area contributed by atoms with E-state index < -0.39 is 5.54 Å². The number of carbonyl (C=O) groups excluding carboxylic acids is 2. The summed E-state index contributed by atoms with van der Waals surface area (Å²) < 4.78 is 11.1. The molecule has 0 aromatic heterocycles. The Bertz CT molecular complexity index is 1160. The van der Waals surface area contributed by atoms with Gasteiger partial charge in [-0.2, -0.15) is 0 Å². The average Bonchev–Trinajstić information content (AvgIpc) is 3.18. The molecule has 2 aromatic rings. The summed E-state index contributed by atoms with van der Waals surface area (Å²) in [6.45, 7) is 19.6. The first kappa shape index (κ1) is 36.5. The van der Waals surface area contributed by atoms with Crippen molar-refractivity contribution in [3.8, 4) is 11.5 Å². The highest BCUT2D eigenvalue weighted by molar-refractivity contribution is 5.82.